The van der Waals surface area contributed by atoms with E-state index in [0.29, 0.717) is 12.8 Å². The maximum absolute atomic E-state index is 10.9. The van der Waals surface area contributed by atoms with E-state index in [2.05, 4.69) is 6.58 Å². The lowest BCUT2D eigenvalue weighted by Gasteiger charge is -2.09. The van der Waals surface area contributed by atoms with Crippen LogP contribution in [0.1, 0.15) is 12.0 Å². The Morgan fingerprint density at radius 1 is 1.40 bits per heavy atom. The van der Waals surface area contributed by atoms with Crippen molar-refractivity contribution in [1.29, 1.82) is 0 Å². The molecule has 3 nitrogen and oxygen atoms in total. The Morgan fingerprint density at radius 2 is 2.00 bits per heavy atom. The SMILES string of the molecule is C=CCC(Cc1ccc(O)cc1)C(=O)O. The van der Waals surface area contributed by atoms with Crippen molar-refractivity contribution in [2.24, 2.45) is 5.92 Å². The summed E-state index contributed by atoms with van der Waals surface area (Å²) in [7, 11) is 0. The Bertz CT molecular complexity index is 340. The molecule has 0 radical (unpaired) electrons. The number of benzene rings is 1. The van der Waals surface area contributed by atoms with Gasteiger partial charge in [0.1, 0.15) is 5.75 Å². The van der Waals surface area contributed by atoms with E-state index < -0.39 is 11.9 Å². The van der Waals surface area contributed by atoms with Gasteiger partial charge in [-0.25, -0.2) is 0 Å². The summed E-state index contributed by atoms with van der Waals surface area (Å²) in [6.07, 6.45) is 2.52. The van der Waals surface area contributed by atoms with Crippen LogP contribution in [0.5, 0.6) is 5.75 Å². The fraction of sp³-hybridized carbons (Fsp3) is 0.250. The smallest absolute Gasteiger partial charge is 0.307 e. The molecule has 0 aliphatic rings. The number of phenolic OH excluding ortho intramolecular Hbond substituents is 1. The van der Waals surface area contributed by atoms with Crippen molar-refractivity contribution in [1.82, 2.24) is 0 Å². The highest BCUT2D eigenvalue weighted by molar-refractivity contribution is 5.70. The minimum absolute atomic E-state index is 0.189. The first-order chi connectivity index (χ1) is 7.13. The largest absolute Gasteiger partial charge is 0.508 e. The van der Waals surface area contributed by atoms with Gasteiger partial charge in [-0.15, -0.1) is 6.58 Å². The summed E-state index contributed by atoms with van der Waals surface area (Å²) in [5.41, 5.74) is 0.905. The zero-order valence-electron chi connectivity index (χ0n) is 8.39. The molecule has 0 spiro atoms. The van der Waals surface area contributed by atoms with Crippen LogP contribution in [0.2, 0.25) is 0 Å². The molecule has 15 heavy (non-hydrogen) atoms. The van der Waals surface area contributed by atoms with Crippen LogP contribution in [0.4, 0.5) is 0 Å². The zero-order valence-corrected chi connectivity index (χ0v) is 8.39. The van der Waals surface area contributed by atoms with Crippen LogP contribution in [-0.4, -0.2) is 16.2 Å². The number of phenols is 1. The van der Waals surface area contributed by atoms with Crippen LogP contribution < -0.4 is 0 Å². The maximum Gasteiger partial charge on any atom is 0.307 e. The van der Waals surface area contributed by atoms with Crippen LogP contribution in [0, 0.1) is 5.92 Å². The lowest BCUT2D eigenvalue weighted by Crippen LogP contribution is -2.15. The van der Waals surface area contributed by atoms with Gasteiger partial charge in [-0.3, -0.25) is 4.79 Å². The number of carbonyl (C=O) groups is 1. The number of aromatic hydroxyl groups is 1. The molecule has 0 heterocycles. The first kappa shape index (κ1) is 11.3. The Morgan fingerprint density at radius 3 is 2.47 bits per heavy atom. The van der Waals surface area contributed by atoms with Crippen molar-refractivity contribution < 1.29 is 15.0 Å². The molecule has 0 aromatic heterocycles. The first-order valence-corrected chi connectivity index (χ1v) is 4.75. The molecule has 0 saturated carbocycles. The Kier molecular flexibility index (Phi) is 3.92. The second-order valence-corrected chi connectivity index (χ2v) is 3.43. The normalized spacial score (nSPS) is 12.0. The molecule has 3 heteroatoms. The maximum atomic E-state index is 10.9. The van der Waals surface area contributed by atoms with Gasteiger partial charge in [-0.05, 0) is 30.5 Å². The van der Waals surface area contributed by atoms with Crippen molar-refractivity contribution >= 4 is 5.97 Å². The van der Waals surface area contributed by atoms with E-state index in [4.69, 9.17) is 10.2 Å². The molecule has 0 aliphatic carbocycles. The third kappa shape index (κ3) is 3.46. The number of rotatable bonds is 5. The van der Waals surface area contributed by atoms with Gasteiger partial charge in [-0.2, -0.15) is 0 Å². The number of carboxylic acids is 1. The zero-order chi connectivity index (χ0) is 11.3. The Labute approximate surface area is 88.7 Å². The summed E-state index contributed by atoms with van der Waals surface area (Å²) < 4.78 is 0. The van der Waals surface area contributed by atoms with Gasteiger partial charge in [-0.1, -0.05) is 18.2 Å². The van der Waals surface area contributed by atoms with E-state index in [1.54, 1.807) is 30.3 Å². The standard InChI is InChI=1S/C12H14O3/c1-2-3-10(12(14)15)8-9-4-6-11(13)7-5-9/h2,4-7,10,13H,1,3,8H2,(H,14,15). The average Bonchev–Trinajstić information content (AvgIpc) is 2.20. The molecule has 0 bridgehead atoms. The van der Waals surface area contributed by atoms with Crippen LogP contribution in [0.3, 0.4) is 0 Å². The van der Waals surface area contributed by atoms with E-state index in [9.17, 15) is 4.79 Å². The monoisotopic (exact) mass is 206 g/mol. The molecule has 0 amide bonds. The van der Waals surface area contributed by atoms with Crippen LogP contribution in [0.25, 0.3) is 0 Å². The second-order valence-electron chi connectivity index (χ2n) is 3.43. The fourth-order valence-electron chi connectivity index (χ4n) is 1.39. The molecule has 0 fully saturated rings. The topological polar surface area (TPSA) is 57.5 Å². The van der Waals surface area contributed by atoms with Crippen molar-refractivity contribution in [2.45, 2.75) is 12.8 Å². The molecule has 1 atom stereocenters. The highest BCUT2D eigenvalue weighted by Crippen LogP contribution is 2.16. The molecular weight excluding hydrogens is 192 g/mol. The van der Waals surface area contributed by atoms with Gasteiger partial charge >= 0.3 is 5.97 Å². The summed E-state index contributed by atoms with van der Waals surface area (Å²) in [5, 5.41) is 18.0. The average molecular weight is 206 g/mol. The van der Waals surface area contributed by atoms with Gasteiger partial charge in [0.15, 0.2) is 0 Å². The van der Waals surface area contributed by atoms with Gasteiger partial charge in [0.2, 0.25) is 0 Å². The predicted molar refractivity (Wildman–Crippen MR) is 57.8 cm³/mol. The van der Waals surface area contributed by atoms with E-state index in [1.807, 2.05) is 0 Å². The molecule has 80 valence electrons. The van der Waals surface area contributed by atoms with Gasteiger partial charge in [0, 0.05) is 0 Å². The van der Waals surface area contributed by atoms with E-state index >= 15 is 0 Å². The summed E-state index contributed by atoms with van der Waals surface area (Å²) >= 11 is 0. The molecular formula is C12H14O3. The van der Waals surface area contributed by atoms with Crippen LogP contribution in [-0.2, 0) is 11.2 Å². The number of hydrogen-bond donors (Lipinski definition) is 2. The molecule has 0 saturated heterocycles. The number of hydrogen-bond acceptors (Lipinski definition) is 2. The number of carboxylic acid groups (broad SMARTS) is 1. The van der Waals surface area contributed by atoms with E-state index in [-0.39, 0.29) is 5.75 Å². The minimum atomic E-state index is -0.817. The molecule has 2 N–H and O–H groups in total. The summed E-state index contributed by atoms with van der Waals surface area (Å²) in [6, 6.07) is 6.58. The Hall–Kier alpha value is -1.77. The summed E-state index contributed by atoms with van der Waals surface area (Å²) in [6.45, 7) is 3.54. The Balaban J connectivity index is 2.69. The third-order valence-electron chi connectivity index (χ3n) is 2.22. The summed E-state index contributed by atoms with van der Waals surface area (Å²) in [5.74, 6) is -1.07. The third-order valence-corrected chi connectivity index (χ3v) is 2.22. The van der Waals surface area contributed by atoms with Gasteiger partial charge in [0.05, 0.1) is 5.92 Å². The van der Waals surface area contributed by atoms with Gasteiger partial charge < -0.3 is 10.2 Å². The van der Waals surface area contributed by atoms with E-state index in [1.165, 1.54) is 0 Å². The second kappa shape index (κ2) is 5.20. The molecule has 1 aromatic rings. The van der Waals surface area contributed by atoms with Crippen LogP contribution >= 0.6 is 0 Å². The van der Waals surface area contributed by atoms with Crippen molar-refractivity contribution in [3.05, 3.63) is 42.5 Å². The minimum Gasteiger partial charge on any atom is -0.508 e. The predicted octanol–water partition coefficient (Wildman–Crippen LogP) is 2.21. The van der Waals surface area contributed by atoms with E-state index in [0.717, 1.165) is 5.56 Å². The quantitative estimate of drug-likeness (QED) is 0.726. The summed E-state index contributed by atoms with van der Waals surface area (Å²) in [4.78, 5) is 10.9. The highest BCUT2D eigenvalue weighted by atomic mass is 16.4. The van der Waals surface area contributed by atoms with Crippen molar-refractivity contribution in [2.75, 3.05) is 0 Å². The highest BCUT2D eigenvalue weighted by Gasteiger charge is 2.15. The van der Waals surface area contributed by atoms with Crippen molar-refractivity contribution in [3.8, 4) is 5.75 Å². The molecule has 1 rings (SSSR count). The van der Waals surface area contributed by atoms with Gasteiger partial charge in [0.25, 0.3) is 0 Å². The number of allylic oxidation sites excluding steroid dienone is 1. The molecule has 0 aliphatic heterocycles. The van der Waals surface area contributed by atoms with Crippen molar-refractivity contribution in [3.63, 3.8) is 0 Å². The fourth-order valence-corrected chi connectivity index (χ4v) is 1.39. The number of aliphatic carboxylic acids is 1. The molecule has 1 unspecified atom stereocenters. The molecule has 1 aromatic carbocycles. The lowest BCUT2D eigenvalue weighted by molar-refractivity contribution is -0.141. The lowest BCUT2D eigenvalue weighted by atomic mass is 9.96. The first-order valence-electron chi connectivity index (χ1n) is 4.75. The van der Waals surface area contributed by atoms with Crippen LogP contribution in [0.15, 0.2) is 36.9 Å².